The largest absolute Gasteiger partial charge is 0.490 e. The molecule has 2 unspecified atom stereocenters. The van der Waals surface area contributed by atoms with Gasteiger partial charge >= 0.3 is 0 Å². The summed E-state index contributed by atoms with van der Waals surface area (Å²) in [6, 6.07) is 5.99. The lowest BCUT2D eigenvalue weighted by Crippen LogP contribution is -2.29. The maximum Gasteiger partial charge on any atom is 0.124 e. The lowest BCUT2D eigenvalue weighted by Gasteiger charge is -2.29. The predicted molar refractivity (Wildman–Crippen MR) is 77.4 cm³/mol. The third kappa shape index (κ3) is 3.62. The van der Waals surface area contributed by atoms with Crippen LogP contribution in [-0.4, -0.2) is 19.3 Å². The maximum absolute atomic E-state index is 6.08. The van der Waals surface area contributed by atoms with Crippen molar-refractivity contribution in [3.05, 3.63) is 28.2 Å². The zero-order chi connectivity index (χ0) is 13.0. The lowest BCUT2D eigenvalue weighted by molar-refractivity contribution is 0.0207. The molecular formula is C14H18BrClO2. The van der Waals surface area contributed by atoms with Crippen LogP contribution in [0.25, 0.3) is 0 Å². The van der Waals surface area contributed by atoms with Gasteiger partial charge in [-0.1, -0.05) is 15.9 Å². The summed E-state index contributed by atoms with van der Waals surface area (Å²) in [5.74, 6) is 1.37. The highest BCUT2D eigenvalue weighted by Crippen LogP contribution is 2.29. The molecule has 0 heterocycles. The molecule has 1 saturated carbocycles. The highest BCUT2D eigenvalue weighted by Gasteiger charge is 2.23. The Labute approximate surface area is 122 Å². The van der Waals surface area contributed by atoms with Gasteiger partial charge < -0.3 is 9.47 Å². The summed E-state index contributed by atoms with van der Waals surface area (Å²) in [6.45, 7) is 0. The topological polar surface area (TPSA) is 18.5 Å². The number of ether oxygens (including phenoxy) is 2. The van der Waals surface area contributed by atoms with Crippen LogP contribution < -0.4 is 4.74 Å². The first-order valence-corrected chi connectivity index (χ1v) is 7.59. The number of methoxy groups -OCH3 is 1. The molecule has 0 aliphatic heterocycles. The first-order valence-electron chi connectivity index (χ1n) is 6.26. The molecule has 0 saturated heterocycles. The van der Waals surface area contributed by atoms with Crippen molar-refractivity contribution in [3.63, 3.8) is 0 Å². The van der Waals surface area contributed by atoms with Gasteiger partial charge in [0.2, 0.25) is 0 Å². The first-order chi connectivity index (χ1) is 8.72. The van der Waals surface area contributed by atoms with Gasteiger partial charge in [0.05, 0.1) is 12.0 Å². The van der Waals surface area contributed by atoms with Crippen molar-refractivity contribution in [3.8, 4) is 5.75 Å². The smallest absolute Gasteiger partial charge is 0.124 e. The van der Waals surface area contributed by atoms with E-state index in [1.54, 1.807) is 7.11 Å². The van der Waals surface area contributed by atoms with Crippen molar-refractivity contribution in [2.24, 2.45) is 0 Å². The van der Waals surface area contributed by atoms with Gasteiger partial charge in [0.15, 0.2) is 0 Å². The Hall–Kier alpha value is -0.250. The minimum Gasteiger partial charge on any atom is -0.490 e. The summed E-state index contributed by atoms with van der Waals surface area (Å²) in [7, 11) is 1.77. The average molecular weight is 334 g/mol. The average Bonchev–Trinajstić information content (AvgIpc) is 2.41. The zero-order valence-corrected chi connectivity index (χ0v) is 12.8. The van der Waals surface area contributed by atoms with Crippen LogP contribution >= 0.6 is 27.5 Å². The van der Waals surface area contributed by atoms with E-state index in [1.165, 1.54) is 0 Å². The van der Waals surface area contributed by atoms with Crippen molar-refractivity contribution >= 4 is 27.5 Å². The van der Waals surface area contributed by atoms with Crippen LogP contribution in [0.5, 0.6) is 5.75 Å². The van der Waals surface area contributed by atoms with Crippen molar-refractivity contribution in [1.29, 1.82) is 0 Å². The van der Waals surface area contributed by atoms with Crippen LogP contribution in [0.4, 0.5) is 0 Å². The summed E-state index contributed by atoms with van der Waals surface area (Å²) in [6.07, 6.45) is 4.94. The van der Waals surface area contributed by atoms with E-state index in [2.05, 4.69) is 15.9 Å². The molecule has 0 radical (unpaired) electrons. The standard InChI is InChI=1S/C14H18BrClO2/c1-17-12-3-2-4-13(8-12)18-14-6-5-11(15)7-10(14)9-16/h5-7,12-13H,2-4,8-9H2,1H3. The van der Waals surface area contributed by atoms with Crippen LogP contribution in [-0.2, 0) is 10.6 Å². The summed E-state index contributed by atoms with van der Waals surface area (Å²) in [4.78, 5) is 0. The lowest BCUT2D eigenvalue weighted by atomic mass is 9.95. The van der Waals surface area contributed by atoms with E-state index in [1.807, 2.05) is 18.2 Å². The number of alkyl halides is 1. The van der Waals surface area contributed by atoms with Gasteiger partial charge in [-0.25, -0.2) is 0 Å². The van der Waals surface area contributed by atoms with E-state index in [-0.39, 0.29) is 6.10 Å². The van der Waals surface area contributed by atoms with Gasteiger partial charge in [-0.3, -0.25) is 0 Å². The first kappa shape index (κ1) is 14.2. The van der Waals surface area contributed by atoms with Crippen molar-refractivity contribution in [2.45, 2.75) is 43.8 Å². The molecule has 2 nitrogen and oxygen atoms in total. The molecule has 4 heteroatoms. The molecule has 0 spiro atoms. The number of rotatable bonds is 4. The number of halogens is 2. The minimum atomic E-state index is 0.242. The van der Waals surface area contributed by atoms with Gasteiger partial charge in [-0.15, -0.1) is 11.6 Å². The molecule has 2 atom stereocenters. The van der Waals surface area contributed by atoms with Crippen LogP contribution in [0.1, 0.15) is 31.2 Å². The van der Waals surface area contributed by atoms with E-state index in [0.29, 0.717) is 12.0 Å². The molecule has 1 aliphatic carbocycles. The van der Waals surface area contributed by atoms with E-state index in [4.69, 9.17) is 21.1 Å². The second-order valence-electron chi connectivity index (χ2n) is 4.65. The Morgan fingerprint density at radius 2 is 2.11 bits per heavy atom. The Bertz CT molecular complexity index is 397. The fourth-order valence-electron chi connectivity index (χ4n) is 2.37. The predicted octanol–water partition coefficient (Wildman–Crippen LogP) is 4.52. The molecule has 1 aromatic rings. The SMILES string of the molecule is COC1CCCC(Oc2ccc(Br)cc2CCl)C1. The fourth-order valence-corrected chi connectivity index (χ4v) is 2.99. The minimum absolute atomic E-state index is 0.242. The highest BCUT2D eigenvalue weighted by atomic mass is 79.9. The van der Waals surface area contributed by atoms with Crippen LogP contribution in [0.3, 0.4) is 0 Å². The Kier molecular flexibility index (Phi) is 5.34. The van der Waals surface area contributed by atoms with Crippen molar-refractivity contribution in [2.75, 3.05) is 7.11 Å². The van der Waals surface area contributed by atoms with E-state index < -0.39 is 0 Å². The summed E-state index contributed by atoms with van der Waals surface area (Å²) >= 11 is 9.40. The van der Waals surface area contributed by atoms with Crippen LogP contribution in [0, 0.1) is 0 Å². The molecule has 18 heavy (non-hydrogen) atoms. The summed E-state index contributed by atoms with van der Waals surface area (Å²) in [5, 5.41) is 0. The van der Waals surface area contributed by atoms with E-state index in [0.717, 1.165) is 41.5 Å². The third-order valence-corrected chi connectivity index (χ3v) is 4.15. The normalized spacial score (nSPS) is 23.9. The molecule has 1 aliphatic rings. The monoisotopic (exact) mass is 332 g/mol. The molecule has 100 valence electrons. The summed E-state index contributed by atoms with van der Waals surface area (Å²) in [5.41, 5.74) is 1.03. The molecular weight excluding hydrogens is 316 g/mol. The third-order valence-electron chi connectivity index (χ3n) is 3.37. The van der Waals surface area contributed by atoms with Gasteiger partial charge in [-0.05, 0) is 37.5 Å². The quantitative estimate of drug-likeness (QED) is 0.754. The zero-order valence-electron chi connectivity index (χ0n) is 10.5. The number of benzene rings is 1. The van der Waals surface area contributed by atoms with Crippen molar-refractivity contribution in [1.82, 2.24) is 0 Å². The van der Waals surface area contributed by atoms with Crippen molar-refractivity contribution < 1.29 is 9.47 Å². The van der Waals surface area contributed by atoms with Gasteiger partial charge in [-0.2, -0.15) is 0 Å². The van der Waals surface area contributed by atoms with Gasteiger partial charge in [0.1, 0.15) is 11.9 Å². The van der Waals surface area contributed by atoms with E-state index >= 15 is 0 Å². The molecule has 1 aromatic carbocycles. The second kappa shape index (κ2) is 6.78. The fraction of sp³-hybridized carbons (Fsp3) is 0.571. The molecule has 0 N–H and O–H groups in total. The molecule has 0 amide bonds. The molecule has 0 aromatic heterocycles. The number of hydrogen-bond donors (Lipinski definition) is 0. The maximum atomic E-state index is 6.08. The Morgan fingerprint density at radius 3 is 2.83 bits per heavy atom. The van der Waals surface area contributed by atoms with Gasteiger partial charge in [0, 0.05) is 23.6 Å². The van der Waals surface area contributed by atoms with E-state index in [9.17, 15) is 0 Å². The molecule has 0 bridgehead atoms. The van der Waals surface area contributed by atoms with Crippen LogP contribution in [0.2, 0.25) is 0 Å². The van der Waals surface area contributed by atoms with Crippen LogP contribution in [0.15, 0.2) is 22.7 Å². The highest BCUT2D eigenvalue weighted by molar-refractivity contribution is 9.10. The second-order valence-corrected chi connectivity index (χ2v) is 5.83. The molecule has 1 fully saturated rings. The molecule has 2 rings (SSSR count). The summed E-state index contributed by atoms with van der Waals surface area (Å²) < 4.78 is 12.5. The Morgan fingerprint density at radius 1 is 1.33 bits per heavy atom. The Balaban J connectivity index is 2.04. The van der Waals surface area contributed by atoms with Gasteiger partial charge in [0.25, 0.3) is 0 Å². The number of hydrogen-bond acceptors (Lipinski definition) is 2.